The predicted molar refractivity (Wildman–Crippen MR) is 134 cm³/mol. The number of rotatable bonds is 5. The summed E-state index contributed by atoms with van der Waals surface area (Å²) in [6.07, 6.45) is 1.25. The third-order valence-corrected chi connectivity index (χ3v) is 11.1. The first kappa shape index (κ1) is 27.5. The van der Waals surface area contributed by atoms with Crippen LogP contribution in [-0.2, 0) is 28.7 Å². The molecule has 0 unspecified atom stereocenters. The molecule has 5 rings (SSSR count). The largest absolute Gasteiger partial charge is 0.465 e. The molecule has 0 bridgehead atoms. The van der Waals surface area contributed by atoms with Crippen molar-refractivity contribution in [2.75, 3.05) is 13.2 Å². The maximum absolute atomic E-state index is 17.4. The van der Waals surface area contributed by atoms with E-state index < -0.39 is 75.4 Å². The van der Waals surface area contributed by atoms with Gasteiger partial charge in [-0.3, -0.25) is 19.2 Å². The van der Waals surface area contributed by atoms with E-state index in [4.69, 9.17) is 9.47 Å². The third kappa shape index (κ3) is 3.92. The molecular formula is C28H34F2O7S. The van der Waals surface area contributed by atoms with E-state index in [-0.39, 0.29) is 43.2 Å². The number of cyclic esters (lactones) is 1. The molecule has 7 nitrogen and oxygen atoms in total. The van der Waals surface area contributed by atoms with Gasteiger partial charge in [0.2, 0.25) is 0 Å². The first-order valence-electron chi connectivity index (χ1n) is 13.4. The Bertz CT molecular complexity index is 1120. The van der Waals surface area contributed by atoms with Gasteiger partial charge >= 0.3 is 11.9 Å². The minimum absolute atomic E-state index is 0.0424. The van der Waals surface area contributed by atoms with Gasteiger partial charge in [0.1, 0.15) is 11.4 Å². The maximum Gasteiger partial charge on any atom is 0.319 e. The minimum Gasteiger partial charge on any atom is -0.465 e. The van der Waals surface area contributed by atoms with Crippen LogP contribution >= 0.6 is 11.8 Å². The summed E-state index contributed by atoms with van der Waals surface area (Å²) in [4.78, 5) is 49.9. The zero-order chi connectivity index (χ0) is 27.6. The lowest BCUT2D eigenvalue weighted by atomic mass is 9.45. The number of allylic oxidation sites excluding steroid dienone is 4. The summed E-state index contributed by atoms with van der Waals surface area (Å²) in [5.74, 6) is -3.93. The van der Waals surface area contributed by atoms with Crippen molar-refractivity contribution >= 4 is 34.6 Å². The van der Waals surface area contributed by atoms with Crippen molar-refractivity contribution in [2.45, 2.75) is 76.1 Å². The van der Waals surface area contributed by atoms with E-state index in [0.717, 1.165) is 17.8 Å². The fraction of sp³-hybridized carbons (Fsp3) is 0.714. The van der Waals surface area contributed by atoms with Crippen LogP contribution in [0, 0.1) is 34.5 Å². The van der Waals surface area contributed by atoms with E-state index in [1.54, 1.807) is 6.92 Å². The van der Waals surface area contributed by atoms with Crippen molar-refractivity contribution in [1.82, 2.24) is 0 Å². The number of fused-ring (bicyclic) bond motifs is 5. The molecule has 0 amide bonds. The summed E-state index contributed by atoms with van der Waals surface area (Å²) in [7, 11) is 0. The number of aliphatic hydroxyl groups excluding tert-OH is 1. The molecule has 10 heteroatoms. The highest BCUT2D eigenvalue weighted by molar-refractivity contribution is 8.14. The average molecular weight is 553 g/mol. The van der Waals surface area contributed by atoms with Crippen LogP contribution in [0.2, 0.25) is 0 Å². The van der Waals surface area contributed by atoms with Gasteiger partial charge in [0.05, 0.1) is 19.3 Å². The molecule has 4 fully saturated rings. The molecule has 1 saturated heterocycles. The number of alkyl halides is 2. The van der Waals surface area contributed by atoms with Crippen molar-refractivity contribution < 1.29 is 42.5 Å². The molecule has 1 N–H and O–H groups in total. The van der Waals surface area contributed by atoms with Crippen LogP contribution in [-0.4, -0.2) is 64.4 Å². The van der Waals surface area contributed by atoms with Gasteiger partial charge in [-0.2, -0.15) is 0 Å². The van der Waals surface area contributed by atoms with E-state index in [1.807, 2.05) is 6.92 Å². The Morgan fingerprint density at radius 2 is 1.97 bits per heavy atom. The number of thioether (sulfide) groups is 1. The number of aliphatic hydroxyl groups is 1. The first-order valence-corrected chi connectivity index (χ1v) is 14.2. The molecule has 1 aliphatic heterocycles. The lowest BCUT2D eigenvalue weighted by molar-refractivity contribution is -0.201. The molecule has 0 spiro atoms. The molecule has 0 radical (unpaired) electrons. The van der Waals surface area contributed by atoms with Gasteiger partial charge in [-0.25, -0.2) is 8.78 Å². The van der Waals surface area contributed by atoms with Crippen molar-refractivity contribution in [3.63, 3.8) is 0 Å². The highest BCUT2D eigenvalue weighted by atomic mass is 32.2. The van der Waals surface area contributed by atoms with Gasteiger partial charge in [-0.05, 0) is 55.2 Å². The van der Waals surface area contributed by atoms with Crippen LogP contribution in [0.4, 0.5) is 8.78 Å². The fourth-order valence-corrected chi connectivity index (χ4v) is 9.38. The number of carbonyl (C=O) groups is 4. The normalized spacial score (nSPS) is 45.5. The summed E-state index contributed by atoms with van der Waals surface area (Å²) in [5.41, 5.74) is -4.64. The smallest absolute Gasteiger partial charge is 0.319 e. The average Bonchev–Trinajstić information content (AvgIpc) is 3.40. The number of carbonyl (C=O) groups excluding carboxylic acids is 4. The van der Waals surface area contributed by atoms with E-state index >= 15 is 8.78 Å². The molecule has 4 aliphatic carbocycles. The van der Waals surface area contributed by atoms with Crippen LogP contribution in [0.15, 0.2) is 23.8 Å². The third-order valence-electron chi connectivity index (χ3n) is 9.95. The van der Waals surface area contributed by atoms with Crippen LogP contribution in [0.25, 0.3) is 0 Å². The first-order chi connectivity index (χ1) is 17.9. The summed E-state index contributed by atoms with van der Waals surface area (Å²) >= 11 is 0.897. The molecule has 38 heavy (non-hydrogen) atoms. The zero-order valence-corrected chi connectivity index (χ0v) is 22.6. The Hall–Kier alpha value is -2.07. The molecule has 3 saturated carbocycles. The van der Waals surface area contributed by atoms with Crippen LogP contribution < -0.4 is 0 Å². The van der Waals surface area contributed by atoms with Crippen molar-refractivity contribution in [2.24, 2.45) is 34.5 Å². The number of ether oxygens (including phenoxy) is 2. The molecule has 10 atom stereocenters. The standard InChI is InChI=1S/C28H34F2O7S/c1-4-22(33)37-13-14-9-16-17-11-19(29)18-10-15(31)5-7-27(18,3)28(17,30)21(32)12-26(16,2)23(14)25(35)38-20-6-8-36-24(20)34/h5,7,10,14,16-17,19-21,23,32H,4,6,8-9,11-13H2,1-3H3/t14-,16-,17-,19-,20-,21-,23-,26-,27-,28-/m0/s1. The number of esters is 2. The zero-order valence-electron chi connectivity index (χ0n) is 21.8. The minimum atomic E-state index is -2.26. The highest BCUT2D eigenvalue weighted by Crippen LogP contribution is 2.70. The highest BCUT2D eigenvalue weighted by Gasteiger charge is 2.73. The van der Waals surface area contributed by atoms with Gasteiger partial charge in [0.25, 0.3) is 0 Å². The predicted octanol–water partition coefficient (Wildman–Crippen LogP) is 3.68. The van der Waals surface area contributed by atoms with Gasteiger partial charge in [0, 0.05) is 36.0 Å². The second kappa shape index (κ2) is 9.54. The Morgan fingerprint density at radius 3 is 2.63 bits per heavy atom. The SMILES string of the molecule is CCC(=O)OC[C@@H]1C[C@H]2[C@@H]3C[C@H](F)C4=CC(=O)C=C[C@]4(C)[C@@]3(F)[C@@H](O)C[C@]2(C)[C@@H]1C(=O)S[C@H]1CCOC1=O. The van der Waals surface area contributed by atoms with E-state index in [1.165, 1.54) is 19.1 Å². The lowest BCUT2D eigenvalue weighted by Crippen LogP contribution is -2.68. The van der Waals surface area contributed by atoms with Crippen molar-refractivity contribution in [3.8, 4) is 0 Å². The molecule has 0 aromatic heterocycles. The summed E-state index contributed by atoms with van der Waals surface area (Å²) < 4.78 is 43.5. The Balaban J connectivity index is 1.53. The summed E-state index contributed by atoms with van der Waals surface area (Å²) in [6.45, 7) is 5.21. The second-order valence-electron chi connectivity index (χ2n) is 11.8. The second-order valence-corrected chi connectivity index (χ2v) is 13.0. The molecule has 208 valence electrons. The van der Waals surface area contributed by atoms with Crippen LogP contribution in [0.5, 0.6) is 0 Å². The van der Waals surface area contributed by atoms with Gasteiger partial charge in [0.15, 0.2) is 16.6 Å². The van der Waals surface area contributed by atoms with Crippen molar-refractivity contribution in [1.29, 1.82) is 0 Å². The van der Waals surface area contributed by atoms with Crippen molar-refractivity contribution in [3.05, 3.63) is 23.8 Å². The van der Waals surface area contributed by atoms with E-state index in [0.29, 0.717) is 12.8 Å². The fourth-order valence-electron chi connectivity index (χ4n) is 8.11. The Morgan fingerprint density at radius 1 is 1.24 bits per heavy atom. The maximum atomic E-state index is 17.4. The Kier molecular flexibility index (Phi) is 6.90. The van der Waals surface area contributed by atoms with E-state index in [9.17, 15) is 24.3 Å². The molecule has 1 heterocycles. The monoisotopic (exact) mass is 552 g/mol. The van der Waals surface area contributed by atoms with E-state index in [2.05, 4.69) is 0 Å². The molecule has 0 aromatic rings. The number of ketones is 1. The number of hydrogen-bond donors (Lipinski definition) is 1. The summed E-state index contributed by atoms with van der Waals surface area (Å²) in [6, 6.07) is 0. The lowest BCUT2D eigenvalue weighted by Gasteiger charge is -2.62. The van der Waals surface area contributed by atoms with Crippen LogP contribution in [0.1, 0.15) is 52.9 Å². The quantitative estimate of drug-likeness (QED) is 0.515. The van der Waals surface area contributed by atoms with Gasteiger partial charge in [-0.15, -0.1) is 0 Å². The van der Waals surface area contributed by atoms with Crippen LogP contribution in [0.3, 0.4) is 0 Å². The van der Waals surface area contributed by atoms with Gasteiger partial charge in [-0.1, -0.05) is 31.7 Å². The molecular weight excluding hydrogens is 518 g/mol. The number of halogens is 2. The number of hydrogen-bond acceptors (Lipinski definition) is 8. The molecule has 5 aliphatic rings. The van der Waals surface area contributed by atoms with Gasteiger partial charge < -0.3 is 14.6 Å². The summed E-state index contributed by atoms with van der Waals surface area (Å²) in [5, 5.41) is 10.6. The Labute approximate surface area is 224 Å². The molecule has 0 aromatic carbocycles. The topological polar surface area (TPSA) is 107 Å².